The number of ether oxygens (including phenoxy) is 2. The van der Waals surface area contributed by atoms with Crippen molar-refractivity contribution in [2.24, 2.45) is 5.10 Å². The SMILES string of the molecule is CCCOc1ccc(C(=O)N/N=C\c2ccc(OCc3ccc(I)cc3)cc2)cc1. The average molecular weight is 514 g/mol. The van der Waals surface area contributed by atoms with Gasteiger partial charge in [0.25, 0.3) is 5.91 Å². The highest BCUT2D eigenvalue weighted by atomic mass is 127. The number of rotatable bonds is 9. The molecule has 3 aromatic carbocycles. The van der Waals surface area contributed by atoms with Gasteiger partial charge in [-0.25, -0.2) is 5.43 Å². The van der Waals surface area contributed by atoms with Crippen molar-refractivity contribution in [1.82, 2.24) is 5.43 Å². The molecule has 0 bridgehead atoms. The van der Waals surface area contributed by atoms with E-state index >= 15 is 0 Å². The van der Waals surface area contributed by atoms with E-state index < -0.39 is 0 Å². The molecule has 0 unspecified atom stereocenters. The Morgan fingerprint density at radius 1 is 0.933 bits per heavy atom. The number of carbonyl (C=O) groups excluding carboxylic acids is 1. The quantitative estimate of drug-likeness (QED) is 0.236. The molecule has 0 aliphatic heterocycles. The average Bonchev–Trinajstić information content (AvgIpc) is 2.78. The van der Waals surface area contributed by atoms with Gasteiger partial charge in [-0.05, 0) is 101 Å². The van der Waals surface area contributed by atoms with E-state index in [1.807, 2.05) is 31.2 Å². The zero-order valence-corrected chi connectivity index (χ0v) is 18.8. The van der Waals surface area contributed by atoms with Gasteiger partial charge in [0, 0.05) is 9.13 Å². The molecule has 1 N–H and O–H groups in total. The lowest BCUT2D eigenvalue weighted by atomic mass is 10.2. The molecule has 0 aromatic heterocycles. The summed E-state index contributed by atoms with van der Waals surface area (Å²) in [6.07, 6.45) is 2.54. The van der Waals surface area contributed by atoms with E-state index in [4.69, 9.17) is 9.47 Å². The summed E-state index contributed by atoms with van der Waals surface area (Å²) in [4.78, 5) is 12.2. The Morgan fingerprint density at radius 3 is 2.23 bits per heavy atom. The summed E-state index contributed by atoms with van der Waals surface area (Å²) >= 11 is 2.28. The van der Waals surface area contributed by atoms with Crippen molar-refractivity contribution >= 4 is 34.7 Å². The predicted octanol–water partition coefficient (Wildman–Crippen LogP) is 5.42. The van der Waals surface area contributed by atoms with Crippen molar-refractivity contribution in [1.29, 1.82) is 0 Å². The highest BCUT2D eigenvalue weighted by Gasteiger charge is 2.04. The van der Waals surface area contributed by atoms with Crippen molar-refractivity contribution in [2.45, 2.75) is 20.0 Å². The second kappa shape index (κ2) is 11.3. The van der Waals surface area contributed by atoms with E-state index in [9.17, 15) is 4.79 Å². The largest absolute Gasteiger partial charge is 0.494 e. The van der Waals surface area contributed by atoms with Gasteiger partial charge < -0.3 is 9.47 Å². The maximum atomic E-state index is 12.2. The normalized spacial score (nSPS) is 10.7. The zero-order valence-electron chi connectivity index (χ0n) is 16.7. The van der Waals surface area contributed by atoms with Crippen LogP contribution in [0.3, 0.4) is 0 Å². The molecule has 154 valence electrons. The number of amides is 1. The van der Waals surface area contributed by atoms with E-state index in [0.29, 0.717) is 18.8 Å². The standard InChI is InChI=1S/C24H23IN2O3/c1-2-15-29-22-13-7-20(8-14-22)24(28)27-26-16-18-5-11-23(12-6-18)30-17-19-3-9-21(25)10-4-19/h3-14,16H,2,15,17H2,1H3,(H,27,28)/b26-16-. The molecule has 30 heavy (non-hydrogen) atoms. The summed E-state index contributed by atoms with van der Waals surface area (Å²) in [5.74, 6) is 1.26. The summed E-state index contributed by atoms with van der Waals surface area (Å²) in [5.41, 5.74) is 5.04. The van der Waals surface area contributed by atoms with Gasteiger partial charge in [-0.2, -0.15) is 5.10 Å². The van der Waals surface area contributed by atoms with Crippen molar-refractivity contribution in [2.75, 3.05) is 6.61 Å². The number of halogens is 1. The molecule has 0 heterocycles. The molecular weight excluding hydrogens is 491 g/mol. The third-order valence-electron chi connectivity index (χ3n) is 4.17. The van der Waals surface area contributed by atoms with Crippen LogP contribution in [-0.2, 0) is 6.61 Å². The van der Waals surface area contributed by atoms with E-state index in [1.165, 1.54) is 3.57 Å². The Balaban J connectivity index is 1.47. The van der Waals surface area contributed by atoms with Gasteiger partial charge in [0.15, 0.2) is 0 Å². The van der Waals surface area contributed by atoms with Crippen LogP contribution in [0.5, 0.6) is 11.5 Å². The third-order valence-corrected chi connectivity index (χ3v) is 4.89. The number of hydrogen-bond acceptors (Lipinski definition) is 4. The van der Waals surface area contributed by atoms with Crippen molar-refractivity contribution < 1.29 is 14.3 Å². The van der Waals surface area contributed by atoms with E-state index in [2.05, 4.69) is 57.4 Å². The molecule has 6 heteroatoms. The summed E-state index contributed by atoms with van der Waals surface area (Å²) in [5, 5.41) is 4.02. The van der Waals surface area contributed by atoms with E-state index in [0.717, 1.165) is 29.0 Å². The van der Waals surface area contributed by atoms with Gasteiger partial charge in [-0.15, -0.1) is 0 Å². The summed E-state index contributed by atoms with van der Waals surface area (Å²) in [6, 6.07) is 22.8. The lowest BCUT2D eigenvalue weighted by Crippen LogP contribution is -2.17. The number of hydrazone groups is 1. The first-order valence-corrected chi connectivity index (χ1v) is 10.8. The lowest BCUT2D eigenvalue weighted by Gasteiger charge is -2.07. The predicted molar refractivity (Wildman–Crippen MR) is 127 cm³/mol. The Kier molecular flexibility index (Phi) is 8.26. The van der Waals surface area contributed by atoms with Gasteiger partial charge >= 0.3 is 0 Å². The maximum Gasteiger partial charge on any atom is 0.271 e. The van der Waals surface area contributed by atoms with Gasteiger partial charge in [0.2, 0.25) is 0 Å². The zero-order chi connectivity index (χ0) is 21.2. The van der Waals surface area contributed by atoms with Crippen LogP contribution in [0.25, 0.3) is 0 Å². The van der Waals surface area contributed by atoms with Crippen LogP contribution in [0.1, 0.15) is 34.8 Å². The first-order chi connectivity index (χ1) is 14.6. The van der Waals surface area contributed by atoms with Crippen LogP contribution >= 0.6 is 22.6 Å². The van der Waals surface area contributed by atoms with Gasteiger partial charge in [-0.3, -0.25) is 4.79 Å². The number of carbonyl (C=O) groups is 1. The smallest absolute Gasteiger partial charge is 0.271 e. The fourth-order valence-electron chi connectivity index (χ4n) is 2.55. The van der Waals surface area contributed by atoms with Crippen LogP contribution in [0.2, 0.25) is 0 Å². The fourth-order valence-corrected chi connectivity index (χ4v) is 2.91. The molecular formula is C24H23IN2O3. The van der Waals surface area contributed by atoms with Crippen molar-refractivity contribution in [3.8, 4) is 11.5 Å². The molecule has 0 saturated heterocycles. The Hall–Kier alpha value is -2.87. The highest BCUT2D eigenvalue weighted by molar-refractivity contribution is 14.1. The Labute approximate surface area is 190 Å². The summed E-state index contributed by atoms with van der Waals surface area (Å²) < 4.78 is 12.5. The first-order valence-electron chi connectivity index (χ1n) is 9.67. The molecule has 3 rings (SSSR count). The maximum absolute atomic E-state index is 12.2. The second-order valence-electron chi connectivity index (χ2n) is 6.56. The molecule has 0 aliphatic carbocycles. The van der Waals surface area contributed by atoms with Crippen molar-refractivity contribution in [3.05, 3.63) is 93.1 Å². The molecule has 0 aliphatic rings. The van der Waals surface area contributed by atoms with Crippen LogP contribution in [-0.4, -0.2) is 18.7 Å². The number of nitrogens with zero attached hydrogens (tertiary/aromatic N) is 1. The van der Waals surface area contributed by atoms with Crippen LogP contribution < -0.4 is 14.9 Å². The highest BCUT2D eigenvalue weighted by Crippen LogP contribution is 2.15. The molecule has 0 spiro atoms. The molecule has 0 radical (unpaired) electrons. The minimum absolute atomic E-state index is 0.272. The van der Waals surface area contributed by atoms with Gasteiger partial charge in [-0.1, -0.05) is 19.1 Å². The molecule has 0 saturated carbocycles. The van der Waals surface area contributed by atoms with Gasteiger partial charge in [0.1, 0.15) is 18.1 Å². The van der Waals surface area contributed by atoms with Crippen LogP contribution in [0, 0.1) is 3.57 Å². The summed E-state index contributed by atoms with van der Waals surface area (Å²) in [7, 11) is 0. The number of hydrogen-bond donors (Lipinski definition) is 1. The molecule has 0 fully saturated rings. The topological polar surface area (TPSA) is 59.9 Å². The fraction of sp³-hybridized carbons (Fsp3) is 0.167. The molecule has 1 amide bonds. The Morgan fingerprint density at radius 2 is 1.57 bits per heavy atom. The molecule has 0 atom stereocenters. The van der Waals surface area contributed by atoms with E-state index in [-0.39, 0.29) is 5.91 Å². The Bertz CT molecular complexity index is 969. The minimum Gasteiger partial charge on any atom is -0.494 e. The molecule has 5 nitrogen and oxygen atoms in total. The first kappa shape index (κ1) is 21.8. The lowest BCUT2D eigenvalue weighted by molar-refractivity contribution is 0.0955. The molecule has 3 aromatic rings. The van der Waals surface area contributed by atoms with Crippen LogP contribution in [0.4, 0.5) is 0 Å². The minimum atomic E-state index is -0.272. The van der Waals surface area contributed by atoms with E-state index in [1.54, 1.807) is 30.5 Å². The summed E-state index contributed by atoms with van der Waals surface area (Å²) in [6.45, 7) is 3.22. The third kappa shape index (κ3) is 6.88. The van der Waals surface area contributed by atoms with Crippen LogP contribution in [0.15, 0.2) is 77.9 Å². The number of benzene rings is 3. The number of nitrogens with one attached hydrogen (secondary N) is 1. The van der Waals surface area contributed by atoms with Gasteiger partial charge in [0.05, 0.1) is 12.8 Å². The van der Waals surface area contributed by atoms with Crippen molar-refractivity contribution in [3.63, 3.8) is 0 Å². The second-order valence-corrected chi connectivity index (χ2v) is 7.80. The monoisotopic (exact) mass is 514 g/mol.